The van der Waals surface area contributed by atoms with Crippen molar-refractivity contribution in [2.24, 2.45) is 0 Å². The summed E-state index contributed by atoms with van der Waals surface area (Å²) in [5.41, 5.74) is 4.40. The fourth-order valence-electron chi connectivity index (χ4n) is 5.39. The van der Waals surface area contributed by atoms with Crippen LogP contribution >= 0.6 is 24.1 Å². The summed E-state index contributed by atoms with van der Waals surface area (Å²) in [6.45, 7) is 0.333. The molecule has 5 rings (SSSR count). The molecular weight excluding hydrogens is 611 g/mol. The summed E-state index contributed by atoms with van der Waals surface area (Å²) in [4.78, 5) is 25.3. The lowest BCUT2D eigenvalue weighted by molar-refractivity contribution is 0.101. The summed E-state index contributed by atoms with van der Waals surface area (Å²) in [6, 6.07) is 49.8. The van der Waals surface area contributed by atoms with Crippen molar-refractivity contribution in [3.8, 4) is 0 Å². The molecule has 0 atom stereocenters. The Labute approximate surface area is 280 Å². The van der Waals surface area contributed by atoms with Crippen molar-refractivity contribution in [1.29, 1.82) is 0 Å². The van der Waals surface area contributed by atoms with Gasteiger partial charge in [0.05, 0.1) is 11.5 Å². The second kappa shape index (κ2) is 17.7. The molecule has 0 fully saturated rings. The highest BCUT2D eigenvalue weighted by molar-refractivity contribution is 7.97. The van der Waals surface area contributed by atoms with Crippen LogP contribution < -0.4 is 0 Å². The number of carbonyl (C=O) groups excluding carboxylic acids is 2. The first-order chi connectivity index (χ1) is 22.7. The van der Waals surface area contributed by atoms with Crippen LogP contribution in [0, 0.1) is 0 Å². The molecule has 0 radical (unpaired) electrons. The maximum Gasteiger partial charge on any atom is 0.662 e. The number of hydrogen-bond acceptors (Lipinski definition) is 7. The van der Waals surface area contributed by atoms with Crippen LogP contribution in [-0.4, -0.2) is 37.0 Å². The average molecular weight is 647 g/mol. The van der Waals surface area contributed by atoms with Gasteiger partial charge in [-0.3, -0.25) is 9.59 Å². The molecule has 0 heterocycles. The van der Waals surface area contributed by atoms with Gasteiger partial charge in [0.1, 0.15) is 0 Å². The predicted octanol–water partition coefficient (Wildman–Crippen LogP) is 8.90. The Kier molecular flexibility index (Phi) is 12.9. The number of Topliss-reactive ketones (excluding diaryl/α,β-unsaturated/α-hetero) is 2. The van der Waals surface area contributed by atoms with E-state index >= 15 is 0 Å². The summed E-state index contributed by atoms with van der Waals surface area (Å²) in [6.07, 6.45) is 1.44. The Bertz CT molecular complexity index is 1470. The van der Waals surface area contributed by atoms with E-state index in [1.54, 1.807) is 24.3 Å². The molecule has 0 N–H and O–H groups in total. The average Bonchev–Trinajstić information content (AvgIpc) is 3.13. The van der Waals surface area contributed by atoms with Gasteiger partial charge < -0.3 is 12.9 Å². The van der Waals surface area contributed by atoms with Gasteiger partial charge >= 0.3 is 7.32 Å². The quantitative estimate of drug-likeness (QED) is 0.0310. The van der Waals surface area contributed by atoms with Crippen molar-refractivity contribution in [2.75, 3.05) is 18.1 Å². The van der Waals surface area contributed by atoms with E-state index < -0.39 is 12.7 Å². The standard InChI is InChI=1S/C38H35BO5S2/c40-36(31-17-6-1-7-18-31)29-45-43-39(44-46-30-37(41)32-19-8-2-9-20-32)42-28-16-27-38(33-21-10-3-11-22-33,34-23-12-4-13-24-34)35-25-14-5-15-26-35/h1-15,17-26H,16,27-30H2. The van der Waals surface area contributed by atoms with E-state index in [0.29, 0.717) is 24.2 Å². The molecule has 0 bridgehead atoms. The summed E-state index contributed by atoms with van der Waals surface area (Å²) < 4.78 is 17.8. The fraction of sp³-hybridized carbons (Fsp3) is 0.158. The van der Waals surface area contributed by atoms with Crippen molar-refractivity contribution in [1.82, 2.24) is 0 Å². The number of carbonyl (C=O) groups is 2. The Morgan fingerprint density at radius 1 is 0.522 bits per heavy atom. The largest absolute Gasteiger partial charge is 0.662 e. The second-order valence-electron chi connectivity index (χ2n) is 10.6. The van der Waals surface area contributed by atoms with Gasteiger partial charge in [-0.25, -0.2) is 0 Å². The lowest BCUT2D eigenvalue weighted by Crippen LogP contribution is -2.31. The van der Waals surface area contributed by atoms with Gasteiger partial charge in [-0.05, 0) is 53.6 Å². The highest BCUT2D eigenvalue weighted by atomic mass is 32.2. The summed E-state index contributed by atoms with van der Waals surface area (Å²) in [5.74, 6) is 0.0733. The van der Waals surface area contributed by atoms with Crippen molar-refractivity contribution in [3.05, 3.63) is 179 Å². The van der Waals surface area contributed by atoms with Crippen molar-refractivity contribution in [2.45, 2.75) is 18.3 Å². The first-order valence-electron chi connectivity index (χ1n) is 15.2. The summed E-state index contributed by atoms with van der Waals surface area (Å²) in [7, 11) is -1.08. The minimum Gasteiger partial charge on any atom is -0.385 e. The molecule has 0 aliphatic rings. The van der Waals surface area contributed by atoms with Gasteiger partial charge in [-0.1, -0.05) is 152 Å². The molecule has 0 unspecified atom stereocenters. The van der Waals surface area contributed by atoms with Gasteiger partial charge in [0.2, 0.25) is 0 Å². The first-order valence-corrected chi connectivity index (χ1v) is 17.0. The normalized spacial score (nSPS) is 11.2. The SMILES string of the molecule is O=C(CSOB(OCCCC(c1ccccc1)(c1ccccc1)c1ccccc1)OSCC(=O)c1ccccc1)c1ccccc1. The van der Waals surface area contributed by atoms with Gasteiger partial charge in [0.15, 0.2) is 11.6 Å². The van der Waals surface area contributed by atoms with Gasteiger partial charge in [0, 0.05) is 23.1 Å². The van der Waals surface area contributed by atoms with Gasteiger partial charge in [-0.2, -0.15) is 0 Å². The highest BCUT2D eigenvalue weighted by Crippen LogP contribution is 2.43. The topological polar surface area (TPSA) is 61.8 Å². The van der Waals surface area contributed by atoms with E-state index in [1.807, 2.05) is 54.6 Å². The van der Waals surface area contributed by atoms with E-state index in [-0.39, 0.29) is 23.1 Å². The van der Waals surface area contributed by atoms with Gasteiger partial charge in [0.25, 0.3) is 0 Å². The Hall–Kier alpha value is -3.92. The third-order valence-electron chi connectivity index (χ3n) is 7.61. The van der Waals surface area contributed by atoms with Crippen LogP contribution in [0.4, 0.5) is 0 Å². The first kappa shape index (κ1) is 33.4. The minimum atomic E-state index is -1.08. The molecule has 0 aliphatic carbocycles. The molecule has 0 saturated heterocycles. The smallest absolute Gasteiger partial charge is 0.385 e. The van der Waals surface area contributed by atoms with E-state index in [2.05, 4.69) is 72.8 Å². The molecule has 0 amide bonds. The Morgan fingerprint density at radius 2 is 0.870 bits per heavy atom. The van der Waals surface area contributed by atoms with E-state index in [0.717, 1.165) is 30.5 Å². The van der Waals surface area contributed by atoms with Crippen LogP contribution in [0.15, 0.2) is 152 Å². The zero-order valence-electron chi connectivity index (χ0n) is 25.4. The fourth-order valence-corrected chi connectivity index (χ4v) is 6.54. The van der Waals surface area contributed by atoms with E-state index in [9.17, 15) is 9.59 Å². The van der Waals surface area contributed by atoms with Crippen molar-refractivity contribution < 1.29 is 22.4 Å². The zero-order valence-corrected chi connectivity index (χ0v) is 27.0. The highest BCUT2D eigenvalue weighted by Gasteiger charge is 2.36. The van der Waals surface area contributed by atoms with E-state index in [1.165, 1.54) is 16.7 Å². The van der Waals surface area contributed by atoms with Crippen LogP contribution in [0.1, 0.15) is 50.2 Å². The van der Waals surface area contributed by atoms with Crippen LogP contribution in [-0.2, 0) is 18.3 Å². The lowest BCUT2D eigenvalue weighted by atomic mass is 9.67. The predicted molar refractivity (Wildman–Crippen MR) is 189 cm³/mol. The summed E-state index contributed by atoms with van der Waals surface area (Å²) >= 11 is 1.95. The van der Waals surface area contributed by atoms with Crippen molar-refractivity contribution >= 4 is 43.0 Å². The maximum absolute atomic E-state index is 12.6. The molecule has 0 aliphatic heterocycles. The molecule has 46 heavy (non-hydrogen) atoms. The second-order valence-corrected chi connectivity index (χ2v) is 12.0. The molecule has 0 aromatic heterocycles. The molecule has 5 nitrogen and oxygen atoms in total. The monoisotopic (exact) mass is 646 g/mol. The molecule has 8 heteroatoms. The molecule has 0 saturated carbocycles. The zero-order chi connectivity index (χ0) is 31.9. The van der Waals surface area contributed by atoms with Crippen LogP contribution in [0.2, 0.25) is 0 Å². The number of benzene rings is 5. The van der Waals surface area contributed by atoms with E-state index in [4.69, 9.17) is 12.9 Å². The molecule has 5 aromatic rings. The number of ketones is 2. The number of rotatable bonds is 18. The van der Waals surface area contributed by atoms with Gasteiger partial charge in [-0.15, -0.1) is 0 Å². The molecule has 0 spiro atoms. The maximum atomic E-state index is 12.6. The molecule has 232 valence electrons. The Balaban J connectivity index is 1.26. The molecular formula is C38H35BO5S2. The summed E-state index contributed by atoms with van der Waals surface area (Å²) in [5, 5.41) is 0. The third-order valence-corrected chi connectivity index (χ3v) is 8.96. The van der Waals surface area contributed by atoms with Crippen LogP contribution in [0.25, 0.3) is 0 Å². The minimum absolute atomic E-state index is 0.0605. The lowest BCUT2D eigenvalue weighted by Gasteiger charge is -2.36. The number of hydrogen-bond donors (Lipinski definition) is 0. The Morgan fingerprint density at radius 3 is 1.24 bits per heavy atom. The third kappa shape index (κ3) is 9.09. The van der Waals surface area contributed by atoms with Crippen LogP contribution in [0.3, 0.4) is 0 Å². The van der Waals surface area contributed by atoms with Crippen LogP contribution in [0.5, 0.6) is 0 Å². The van der Waals surface area contributed by atoms with Crippen molar-refractivity contribution in [3.63, 3.8) is 0 Å². The molecule has 5 aromatic carbocycles.